The zero-order chi connectivity index (χ0) is 18.5. The van der Waals surface area contributed by atoms with Crippen LogP contribution in [0.15, 0.2) is 48.5 Å². The van der Waals surface area contributed by atoms with Crippen molar-refractivity contribution in [2.75, 3.05) is 18.5 Å². The molecule has 26 heavy (non-hydrogen) atoms. The molecule has 2 amide bonds. The van der Waals surface area contributed by atoms with Crippen molar-refractivity contribution < 1.29 is 18.7 Å². The molecule has 0 saturated heterocycles. The summed E-state index contributed by atoms with van der Waals surface area (Å²) in [6.07, 6.45) is 0. The number of urea groups is 1. The molecule has 0 bridgehead atoms. The number of nitrogens with one attached hydrogen (secondary N) is 3. The predicted molar refractivity (Wildman–Crippen MR) is 97.3 cm³/mol. The number of carbonyl (C=O) groups excluding carboxylic acids is 2. The third-order valence-electron chi connectivity index (χ3n) is 3.78. The molecule has 2 aromatic carbocycles. The van der Waals surface area contributed by atoms with E-state index in [0.717, 1.165) is 16.5 Å². The summed E-state index contributed by atoms with van der Waals surface area (Å²) in [6, 6.07) is 12.9. The molecule has 1 heterocycles. The normalized spacial score (nSPS) is 10.5. The molecule has 0 aliphatic heterocycles. The summed E-state index contributed by atoms with van der Waals surface area (Å²) in [5.74, 6) is -0.855. The van der Waals surface area contributed by atoms with Gasteiger partial charge in [-0.15, -0.1) is 0 Å². The highest BCUT2D eigenvalue weighted by Gasteiger charge is 2.16. The van der Waals surface area contributed by atoms with Crippen LogP contribution in [-0.2, 0) is 9.53 Å². The first-order valence-corrected chi connectivity index (χ1v) is 8.15. The average Bonchev–Trinajstić information content (AvgIpc) is 2.99. The number of H-pyrrole nitrogens is 1. The maximum absolute atomic E-state index is 13.2. The van der Waals surface area contributed by atoms with E-state index in [1.54, 1.807) is 19.1 Å². The van der Waals surface area contributed by atoms with Crippen LogP contribution in [0.5, 0.6) is 0 Å². The number of ether oxygens (including phenoxy) is 1. The van der Waals surface area contributed by atoms with Crippen molar-refractivity contribution in [3.05, 3.63) is 54.3 Å². The molecule has 0 fully saturated rings. The molecule has 0 aliphatic carbocycles. The van der Waals surface area contributed by atoms with Crippen LogP contribution in [0.25, 0.3) is 22.2 Å². The summed E-state index contributed by atoms with van der Waals surface area (Å²) < 4.78 is 18.0. The number of hydrogen-bond donors (Lipinski definition) is 3. The molecule has 0 unspecified atom stereocenters. The Morgan fingerprint density at radius 3 is 2.58 bits per heavy atom. The third-order valence-corrected chi connectivity index (χ3v) is 3.78. The van der Waals surface area contributed by atoms with Gasteiger partial charge in [-0.25, -0.2) is 9.18 Å². The molecule has 3 aromatic rings. The first-order valence-electron chi connectivity index (χ1n) is 8.15. The largest absolute Gasteiger partial charge is 0.465 e. The van der Waals surface area contributed by atoms with Crippen LogP contribution in [0.3, 0.4) is 0 Å². The number of benzene rings is 2. The van der Waals surface area contributed by atoms with Crippen molar-refractivity contribution in [3.8, 4) is 11.3 Å². The first-order chi connectivity index (χ1) is 12.6. The Morgan fingerprint density at radius 1 is 1.12 bits per heavy atom. The van der Waals surface area contributed by atoms with Crippen LogP contribution in [0.4, 0.5) is 14.9 Å². The van der Waals surface area contributed by atoms with Gasteiger partial charge in [0.2, 0.25) is 0 Å². The molecule has 0 radical (unpaired) electrons. The standard InChI is InChI=1S/C19H18FN3O3/c1-2-26-16(24)11-21-19(25)23-18-14-5-3-4-6-15(14)22-17(18)12-7-9-13(20)10-8-12/h3-10,22H,2,11H2,1H3,(H2,21,23,25). The minimum absolute atomic E-state index is 0.228. The summed E-state index contributed by atoms with van der Waals surface area (Å²) >= 11 is 0. The van der Waals surface area contributed by atoms with Crippen LogP contribution in [-0.4, -0.2) is 30.1 Å². The maximum atomic E-state index is 13.2. The van der Waals surface area contributed by atoms with E-state index < -0.39 is 12.0 Å². The minimum Gasteiger partial charge on any atom is -0.465 e. The lowest BCUT2D eigenvalue weighted by molar-refractivity contribution is -0.141. The molecule has 0 aliphatic rings. The van der Waals surface area contributed by atoms with Crippen molar-refractivity contribution in [2.45, 2.75) is 6.92 Å². The van der Waals surface area contributed by atoms with Gasteiger partial charge in [0.1, 0.15) is 12.4 Å². The third kappa shape index (κ3) is 3.83. The number of para-hydroxylation sites is 1. The molecule has 6 nitrogen and oxygen atoms in total. The minimum atomic E-state index is -0.536. The second-order valence-electron chi connectivity index (χ2n) is 5.54. The average molecular weight is 355 g/mol. The van der Waals surface area contributed by atoms with Crippen LogP contribution >= 0.6 is 0 Å². The molecule has 3 rings (SSSR count). The van der Waals surface area contributed by atoms with E-state index in [2.05, 4.69) is 15.6 Å². The number of carbonyl (C=O) groups is 2. The van der Waals surface area contributed by atoms with E-state index in [0.29, 0.717) is 11.4 Å². The second-order valence-corrected chi connectivity index (χ2v) is 5.54. The Kier molecular flexibility index (Phi) is 5.17. The number of anilines is 1. The maximum Gasteiger partial charge on any atom is 0.325 e. The summed E-state index contributed by atoms with van der Waals surface area (Å²) in [4.78, 5) is 26.8. The van der Waals surface area contributed by atoms with Gasteiger partial charge in [-0.3, -0.25) is 4.79 Å². The summed E-state index contributed by atoms with van der Waals surface area (Å²) in [5.41, 5.74) is 2.75. The molecule has 0 atom stereocenters. The Balaban J connectivity index is 1.88. The lowest BCUT2D eigenvalue weighted by atomic mass is 10.1. The molecule has 1 aromatic heterocycles. The highest BCUT2D eigenvalue weighted by molar-refractivity contribution is 6.07. The fourth-order valence-electron chi connectivity index (χ4n) is 2.63. The van der Waals surface area contributed by atoms with Crippen molar-refractivity contribution in [3.63, 3.8) is 0 Å². The lowest BCUT2D eigenvalue weighted by Crippen LogP contribution is -2.34. The van der Waals surface area contributed by atoms with Crippen LogP contribution in [0.1, 0.15) is 6.92 Å². The molecule has 0 saturated carbocycles. The van der Waals surface area contributed by atoms with E-state index in [9.17, 15) is 14.0 Å². The number of amides is 2. The van der Waals surface area contributed by atoms with Crippen LogP contribution in [0, 0.1) is 5.82 Å². The fourth-order valence-corrected chi connectivity index (χ4v) is 2.63. The zero-order valence-electron chi connectivity index (χ0n) is 14.1. The molecule has 134 valence electrons. The zero-order valence-corrected chi connectivity index (χ0v) is 14.1. The van der Waals surface area contributed by atoms with Gasteiger partial charge in [-0.1, -0.05) is 18.2 Å². The van der Waals surface area contributed by atoms with Crippen molar-refractivity contribution >= 4 is 28.6 Å². The van der Waals surface area contributed by atoms with Gasteiger partial charge in [0.25, 0.3) is 0 Å². The van der Waals surface area contributed by atoms with Gasteiger partial charge in [0.05, 0.1) is 18.0 Å². The Hall–Kier alpha value is -3.35. The highest BCUT2D eigenvalue weighted by atomic mass is 19.1. The number of halogens is 1. The van der Waals surface area contributed by atoms with Gasteiger partial charge in [-0.2, -0.15) is 0 Å². The first kappa shape index (κ1) is 17.5. The van der Waals surface area contributed by atoms with Crippen molar-refractivity contribution in [1.82, 2.24) is 10.3 Å². The Labute approximate surface area is 149 Å². The number of fused-ring (bicyclic) bond motifs is 1. The molecule has 3 N–H and O–H groups in total. The van der Waals surface area contributed by atoms with E-state index in [1.165, 1.54) is 12.1 Å². The quantitative estimate of drug-likeness (QED) is 0.611. The van der Waals surface area contributed by atoms with Crippen molar-refractivity contribution in [1.29, 1.82) is 0 Å². The summed E-state index contributed by atoms with van der Waals surface area (Å²) in [6.45, 7) is 1.71. The number of esters is 1. The number of hydrogen-bond acceptors (Lipinski definition) is 3. The smallest absolute Gasteiger partial charge is 0.325 e. The molecular formula is C19H18FN3O3. The van der Waals surface area contributed by atoms with Gasteiger partial charge in [0, 0.05) is 16.5 Å². The van der Waals surface area contributed by atoms with Gasteiger partial charge in [0.15, 0.2) is 0 Å². The summed E-state index contributed by atoms with van der Waals surface area (Å²) in [7, 11) is 0. The highest BCUT2D eigenvalue weighted by Crippen LogP contribution is 2.34. The summed E-state index contributed by atoms with van der Waals surface area (Å²) in [5, 5.41) is 6.02. The van der Waals surface area contributed by atoms with Gasteiger partial charge in [-0.05, 0) is 37.3 Å². The Morgan fingerprint density at radius 2 is 1.85 bits per heavy atom. The van der Waals surface area contributed by atoms with E-state index in [4.69, 9.17) is 4.74 Å². The van der Waals surface area contributed by atoms with E-state index in [-0.39, 0.29) is 19.0 Å². The van der Waals surface area contributed by atoms with Crippen LogP contribution in [0.2, 0.25) is 0 Å². The topological polar surface area (TPSA) is 83.2 Å². The SMILES string of the molecule is CCOC(=O)CNC(=O)Nc1c(-c2ccc(F)cc2)[nH]c2ccccc12. The molecule has 0 spiro atoms. The molecular weight excluding hydrogens is 337 g/mol. The van der Waals surface area contributed by atoms with Crippen molar-refractivity contribution in [2.24, 2.45) is 0 Å². The number of aromatic nitrogens is 1. The predicted octanol–water partition coefficient (Wildman–Crippen LogP) is 3.66. The van der Waals surface area contributed by atoms with Crippen LogP contribution < -0.4 is 10.6 Å². The monoisotopic (exact) mass is 355 g/mol. The fraction of sp³-hybridized carbons (Fsp3) is 0.158. The van der Waals surface area contributed by atoms with Gasteiger partial charge >= 0.3 is 12.0 Å². The van der Waals surface area contributed by atoms with Gasteiger partial charge < -0.3 is 20.4 Å². The lowest BCUT2D eigenvalue weighted by Gasteiger charge is -2.09. The van der Waals surface area contributed by atoms with E-state index in [1.807, 2.05) is 24.3 Å². The van der Waals surface area contributed by atoms with E-state index >= 15 is 0 Å². The number of aromatic amines is 1. The number of rotatable bonds is 5. The Bertz CT molecular complexity index is 935. The molecule has 7 heteroatoms. The second kappa shape index (κ2) is 7.69.